The number of hydrogen-bond acceptors (Lipinski definition) is 3. The molecule has 2 aromatic rings. The number of benzene rings is 2. The Balaban J connectivity index is 1.39. The van der Waals surface area contributed by atoms with E-state index >= 15 is 0 Å². The standard InChI is InChI=1S/C23H24ClNO3/c24-22-15-21(28-20-4-2-1-3-5-20)11-6-16(22)14-17-12-13-25(23(17)27)18-7-9-19(26)10-8-18/h1-6,11,15,17-18H,7-10,12-14H2. The fraction of sp³-hybridized carbons (Fsp3) is 0.391. The van der Waals surface area contributed by atoms with Crippen molar-refractivity contribution in [3.05, 3.63) is 59.1 Å². The lowest BCUT2D eigenvalue weighted by atomic mass is 9.93. The number of hydrogen-bond donors (Lipinski definition) is 0. The zero-order chi connectivity index (χ0) is 19.5. The van der Waals surface area contributed by atoms with Gasteiger partial charge < -0.3 is 9.64 Å². The van der Waals surface area contributed by atoms with E-state index in [2.05, 4.69) is 0 Å². The highest BCUT2D eigenvalue weighted by Gasteiger charge is 2.37. The number of rotatable bonds is 5. The largest absolute Gasteiger partial charge is 0.457 e. The normalized spacial score (nSPS) is 20.6. The molecule has 4 rings (SSSR count). The van der Waals surface area contributed by atoms with Crippen LogP contribution in [0.15, 0.2) is 48.5 Å². The lowest BCUT2D eigenvalue weighted by Crippen LogP contribution is -2.40. The molecule has 0 bridgehead atoms. The number of carbonyl (C=O) groups is 2. The second kappa shape index (κ2) is 8.36. The van der Waals surface area contributed by atoms with E-state index in [1.165, 1.54) is 0 Å². The van der Waals surface area contributed by atoms with Gasteiger partial charge in [0.25, 0.3) is 0 Å². The molecule has 5 heteroatoms. The topological polar surface area (TPSA) is 46.6 Å². The fourth-order valence-electron chi connectivity index (χ4n) is 4.20. The van der Waals surface area contributed by atoms with E-state index in [9.17, 15) is 9.59 Å². The van der Waals surface area contributed by atoms with E-state index < -0.39 is 0 Å². The van der Waals surface area contributed by atoms with Crippen molar-refractivity contribution in [3.63, 3.8) is 0 Å². The lowest BCUT2D eigenvalue weighted by molar-refractivity contribution is -0.135. The Morgan fingerprint density at radius 1 is 0.964 bits per heavy atom. The molecule has 1 heterocycles. The molecular weight excluding hydrogens is 374 g/mol. The van der Waals surface area contributed by atoms with Crippen molar-refractivity contribution >= 4 is 23.3 Å². The number of nitrogens with zero attached hydrogens (tertiary/aromatic N) is 1. The highest BCUT2D eigenvalue weighted by Crippen LogP contribution is 2.33. The summed E-state index contributed by atoms with van der Waals surface area (Å²) < 4.78 is 5.82. The number of amides is 1. The predicted molar refractivity (Wildman–Crippen MR) is 109 cm³/mol. The molecule has 146 valence electrons. The molecule has 28 heavy (non-hydrogen) atoms. The first-order chi connectivity index (χ1) is 13.6. The van der Waals surface area contributed by atoms with E-state index in [4.69, 9.17) is 16.3 Å². The Hall–Kier alpha value is -2.33. The van der Waals surface area contributed by atoms with Crippen molar-refractivity contribution in [3.8, 4) is 11.5 Å². The molecule has 1 saturated carbocycles. The van der Waals surface area contributed by atoms with Crippen LogP contribution in [0, 0.1) is 5.92 Å². The van der Waals surface area contributed by atoms with Gasteiger partial charge >= 0.3 is 0 Å². The SMILES string of the molecule is O=C1CCC(N2CCC(Cc3ccc(Oc4ccccc4)cc3Cl)C2=O)CC1. The smallest absolute Gasteiger partial charge is 0.226 e. The van der Waals surface area contributed by atoms with Gasteiger partial charge in [-0.2, -0.15) is 0 Å². The van der Waals surface area contributed by atoms with Gasteiger partial charge in [-0.1, -0.05) is 35.9 Å². The minimum absolute atomic E-state index is 0.0315. The van der Waals surface area contributed by atoms with Crippen LogP contribution in [-0.4, -0.2) is 29.2 Å². The van der Waals surface area contributed by atoms with Crippen molar-refractivity contribution in [2.24, 2.45) is 5.92 Å². The molecule has 2 aliphatic rings. The number of para-hydroxylation sites is 1. The number of carbonyl (C=O) groups excluding carboxylic acids is 2. The number of ketones is 1. The molecular formula is C23H24ClNO3. The van der Waals surface area contributed by atoms with E-state index in [0.29, 0.717) is 35.8 Å². The maximum atomic E-state index is 12.9. The van der Waals surface area contributed by atoms with Crippen LogP contribution in [-0.2, 0) is 16.0 Å². The second-order valence-electron chi connectivity index (χ2n) is 7.66. The number of halogens is 1. The van der Waals surface area contributed by atoms with Gasteiger partial charge in [0.15, 0.2) is 0 Å². The molecule has 2 fully saturated rings. The quantitative estimate of drug-likeness (QED) is 0.710. The molecule has 0 radical (unpaired) electrons. The molecule has 1 unspecified atom stereocenters. The summed E-state index contributed by atoms with van der Waals surface area (Å²) in [4.78, 5) is 26.3. The fourth-order valence-corrected chi connectivity index (χ4v) is 4.45. The zero-order valence-corrected chi connectivity index (χ0v) is 16.5. The van der Waals surface area contributed by atoms with E-state index in [1.54, 1.807) is 0 Å². The summed E-state index contributed by atoms with van der Waals surface area (Å²) in [5, 5.41) is 0.628. The van der Waals surface area contributed by atoms with Crippen LogP contribution in [0.3, 0.4) is 0 Å². The summed E-state index contributed by atoms with van der Waals surface area (Å²) in [6.45, 7) is 0.787. The molecule has 0 N–H and O–H groups in total. The van der Waals surface area contributed by atoms with Gasteiger partial charge in [-0.05, 0) is 55.5 Å². The van der Waals surface area contributed by atoms with Gasteiger partial charge in [0.1, 0.15) is 17.3 Å². The molecule has 4 nitrogen and oxygen atoms in total. The molecule has 0 spiro atoms. The molecule has 1 saturated heterocycles. The Morgan fingerprint density at radius 3 is 2.43 bits per heavy atom. The number of Topliss-reactive ketones (excluding diaryl/α,β-unsaturated/α-hetero) is 1. The van der Waals surface area contributed by atoms with Gasteiger partial charge in [-0.25, -0.2) is 0 Å². The third-order valence-electron chi connectivity index (χ3n) is 5.77. The van der Waals surface area contributed by atoms with Crippen molar-refractivity contribution < 1.29 is 14.3 Å². The van der Waals surface area contributed by atoms with Crippen molar-refractivity contribution in [1.29, 1.82) is 0 Å². The van der Waals surface area contributed by atoms with Crippen LogP contribution in [0.25, 0.3) is 0 Å². The second-order valence-corrected chi connectivity index (χ2v) is 8.07. The van der Waals surface area contributed by atoms with Crippen LogP contribution in [0.2, 0.25) is 5.02 Å². The zero-order valence-electron chi connectivity index (χ0n) is 15.8. The molecule has 1 atom stereocenters. The van der Waals surface area contributed by atoms with Gasteiger partial charge in [-0.3, -0.25) is 9.59 Å². The highest BCUT2D eigenvalue weighted by atomic mass is 35.5. The average molecular weight is 398 g/mol. The summed E-state index contributed by atoms with van der Waals surface area (Å²) in [5.74, 6) is 1.95. The minimum Gasteiger partial charge on any atom is -0.457 e. The van der Waals surface area contributed by atoms with Crippen LogP contribution in [0.5, 0.6) is 11.5 Å². The summed E-state index contributed by atoms with van der Waals surface area (Å²) >= 11 is 6.48. The molecule has 1 aliphatic heterocycles. The van der Waals surface area contributed by atoms with E-state index in [-0.39, 0.29) is 17.9 Å². The van der Waals surface area contributed by atoms with E-state index in [1.807, 2.05) is 53.4 Å². The van der Waals surface area contributed by atoms with E-state index in [0.717, 1.165) is 37.1 Å². The van der Waals surface area contributed by atoms with Crippen LogP contribution < -0.4 is 4.74 Å². The summed E-state index contributed by atoms with van der Waals surface area (Å²) in [5.41, 5.74) is 0.973. The highest BCUT2D eigenvalue weighted by molar-refractivity contribution is 6.31. The van der Waals surface area contributed by atoms with Crippen LogP contribution in [0.1, 0.15) is 37.7 Å². The van der Waals surface area contributed by atoms with Gasteiger partial charge in [0.05, 0.1) is 0 Å². The average Bonchev–Trinajstić information content (AvgIpc) is 3.06. The molecule has 1 aliphatic carbocycles. The first-order valence-corrected chi connectivity index (χ1v) is 10.3. The third-order valence-corrected chi connectivity index (χ3v) is 6.13. The minimum atomic E-state index is -0.0315. The molecule has 2 aromatic carbocycles. The van der Waals surface area contributed by atoms with Gasteiger partial charge in [-0.15, -0.1) is 0 Å². The first kappa shape index (κ1) is 19.0. The Kier molecular flexibility index (Phi) is 5.67. The first-order valence-electron chi connectivity index (χ1n) is 9.93. The summed E-state index contributed by atoms with van der Waals surface area (Å²) in [7, 11) is 0. The monoisotopic (exact) mass is 397 g/mol. The van der Waals surface area contributed by atoms with Crippen molar-refractivity contribution in [2.45, 2.75) is 44.6 Å². The number of likely N-dealkylation sites (tertiary alicyclic amines) is 1. The van der Waals surface area contributed by atoms with Crippen molar-refractivity contribution in [2.75, 3.05) is 6.54 Å². The molecule has 0 aromatic heterocycles. The van der Waals surface area contributed by atoms with Crippen LogP contribution >= 0.6 is 11.6 Å². The predicted octanol–water partition coefficient (Wildman–Crippen LogP) is 5.04. The maximum absolute atomic E-state index is 12.9. The Bertz CT molecular complexity index is 857. The Labute approximate surface area is 170 Å². The van der Waals surface area contributed by atoms with Gasteiger partial charge in [0, 0.05) is 36.4 Å². The third kappa shape index (κ3) is 4.22. The number of ether oxygens (including phenoxy) is 1. The van der Waals surface area contributed by atoms with Gasteiger partial charge in [0.2, 0.25) is 5.91 Å². The lowest BCUT2D eigenvalue weighted by Gasteiger charge is -2.30. The molecule has 1 amide bonds. The maximum Gasteiger partial charge on any atom is 0.226 e. The Morgan fingerprint density at radius 2 is 1.71 bits per heavy atom. The van der Waals surface area contributed by atoms with Crippen molar-refractivity contribution in [1.82, 2.24) is 4.90 Å². The summed E-state index contributed by atoms with van der Waals surface area (Å²) in [6, 6.07) is 15.5. The van der Waals surface area contributed by atoms with Crippen LogP contribution in [0.4, 0.5) is 0 Å². The summed E-state index contributed by atoms with van der Waals surface area (Å²) in [6.07, 6.45) is 4.32.